The normalized spacial score (nSPS) is 18.6. The van der Waals surface area contributed by atoms with Gasteiger partial charge in [-0.15, -0.1) is 0 Å². The first-order chi connectivity index (χ1) is 13.3. The summed E-state index contributed by atoms with van der Waals surface area (Å²) in [7, 11) is 1.70. The van der Waals surface area contributed by atoms with E-state index in [0.29, 0.717) is 19.5 Å². The molecule has 1 saturated heterocycles. The fourth-order valence-corrected chi connectivity index (χ4v) is 3.31. The lowest BCUT2D eigenvalue weighted by Gasteiger charge is -2.31. The quantitative estimate of drug-likeness (QED) is 0.621. The van der Waals surface area contributed by atoms with Crippen LogP contribution in [0.5, 0.6) is 0 Å². The van der Waals surface area contributed by atoms with Crippen LogP contribution in [-0.4, -0.2) is 54.3 Å². The minimum Gasteiger partial charge on any atom is -0.350 e. The van der Waals surface area contributed by atoms with Gasteiger partial charge in [-0.1, -0.05) is 44.2 Å². The fourth-order valence-electron chi connectivity index (χ4n) is 3.31. The summed E-state index contributed by atoms with van der Waals surface area (Å²) in [5, 5.41) is 8.64. The Labute approximate surface area is 167 Å². The van der Waals surface area contributed by atoms with Crippen LogP contribution in [0.2, 0.25) is 0 Å². The van der Waals surface area contributed by atoms with Gasteiger partial charge >= 0.3 is 0 Å². The van der Waals surface area contributed by atoms with Crippen molar-refractivity contribution in [2.45, 2.75) is 58.3 Å². The molecule has 0 aliphatic carbocycles. The highest BCUT2D eigenvalue weighted by Crippen LogP contribution is 2.20. The average molecular weight is 389 g/mol. The van der Waals surface area contributed by atoms with Crippen LogP contribution in [-0.2, 0) is 20.9 Å². The minimum absolute atomic E-state index is 0.0749. The lowest BCUT2D eigenvalue weighted by molar-refractivity contribution is -0.142. The number of rotatable bonds is 8. The molecular formula is C21H32N4O3. The zero-order valence-electron chi connectivity index (χ0n) is 17.2. The molecule has 1 heterocycles. The van der Waals surface area contributed by atoms with Gasteiger partial charge < -0.3 is 20.9 Å². The Morgan fingerprint density at radius 2 is 1.82 bits per heavy atom. The van der Waals surface area contributed by atoms with Gasteiger partial charge in [0.1, 0.15) is 12.1 Å². The van der Waals surface area contributed by atoms with Crippen LogP contribution >= 0.6 is 0 Å². The van der Waals surface area contributed by atoms with Gasteiger partial charge in [-0.05, 0) is 38.3 Å². The number of carbonyl (C=O) groups is 3. The molecule has 1 aromatic rings. The summed E-state index contributed by atoms with van der Waals surface area (Å²) in [6.45, 7) is 6.50. The Balaban J connectivity index is 2.02. The van der Waals surface area contributed by atoms with Gasteiger partial charge in [0.2, 0.25) is 17.7 Å². The standard InChI is InChI=1S/C21H32N4O3/c1-14(2)18(24-19(26)15(3)22-4)21(28)25-12-8-11-17(25)20(27)23-13-16-9-6-5-7-10-16/h5-7,9-10,14-15,17-18,22H,8,11-13H2,1-4H3,(H,23,27)(H,24,26)/t15-,17-,18-/m0/s1. The zero-order valence-corrected chi connectivity index (χ0v) is 17.2. The van der Waals surface area contributed by atoms with Crippen molar-refractivity contribution in [3.63, 3.8) is 0 Å². The molecule has 3 atom stereocenters. The second kappa shape index (κ2) is 10.2. The maximum absolute atomic E-state index is 13.1. The maximum atomic E-state index is 13.1. The monoisotopic (exact) mass is 388 g/mol. The molecule has 0 spiro atoms. The Bertz CT molecular complexity index is 677. The minimum atomic E-state index is -0.647. The number of benzene rings is 1. The maximum Gasteiger partial charge on any atom is 0.246 e. The van der Waals surface area contributed by atoms with Crippen LogP contribution in [0.3, 0.4) is 0 Å². The Kier molecular flexibility index (Phi) is 7.99. The predicted molar refractivity (Wildman–Crippen MR) is 108 cm³/mol. The summed E-state index contributed by atoms with van der Waals surface area (Å²) in [6, 6.07) is 8.15. The molecule has 0 saturated carbocycles. The van der Waals surface area contributed by atoms with Crippen LogP contribution in [0.1, 0.15) is 39.2 Å². The smallest absolute Gasteiger partial charge is 0.246 e. The van der Waals surface area contributed by atoms with E-state index in [0.717, 1.165) is 12.0 Å². The number of likely N-dealkylation sites (tertiary alicyclic amines) is 1. The van der Waals surface area contributed by atoms with Crippen LogP contribution in [0.25, 0.3) is 0 Å². The number of hydrogen-bond acceptors (Lipinski definition) is 4. The SMILES string of the molecule is CN[C@@H](C)C(=O)N[C@H](C(=O)N1CCC[C@H]1C(=O)NCc1ccccc1)C(C)C. The molecule has 1 aliphatic rings. The van der Waals surface area contributed by atoms with Crippen molar-refractivity contribution in [1.29, 1.82) is 0 Å². The molecule has 0 radical (unpaired) electrons. The van der Waals surface area contributed by atoms with E-state index in [1.807, 2.05) is 44.2 Å². The first-order valence-electron chi connectivity index (χ1n) is 9.95. The van der Waals surface area contributed by atoms with E-state index in [2.05, 4.69) is 16.0 Å². The molecule has 7 heteroatoms. The van der Waals surface area contributed by atoms with E-state index in [1.54, 1.807) is 18.9 Å². The molecule has 2 rings (SSSR count). The van der Waals surface area contributed by atoms with E-state index in [9.17, 15) is 14.4 Å². The topological polar surface area (TPSA) is 90.5 Å². The van der Waals surface area contributed by atoms with Crippen LogP contribution in [0.15, 0.2) is 30.3 Å². The highest BCUT2D eigenvalue weighted by Gasteiger charge is 2.38. The summed E-state index contributed by atoms with van der Waals surface area (Å²) in [6.07, 6.45) is 1.42. The van der Waals surface area contributed by atoms with Crippen molar-refractivity contribution in [3.05, 3.63) is 35.9 Å². The van der Waals surface area contributed by atoms with Gasteiger partial charge in [0, 0.05) is 13.1 Å². The number of likely N-dealkylation sites (N-methyl/N-ethyl adjacent to an activating group) is 1. The average Bonchev–Trinajstić information content (AvgIpc) is 3.19. The van der Waals surface area contributed by atoms with Crippen molar-refractivity contribution in [2.75, 3.05) is 13.6 Å². The first-order valence-corrected chi connectivity index (χ1v) is 9.95. The second-order valence-electron chi connectivity index (χ2n) is 7.63. The lowest BCUT2D eigenvalue weighted by Crippen LogP contribution is -2.57. The second-order valence-corrected chi connectivity index (χ2v) is 7.63. The van der Waals surface area contributed by atoms with E-state index >= 15 is 0 Å². The largest absolute Gasteiger partial charge is 0.350 e. The van der Waals surface area contributed by atoms with Gasteiger partial charge in [-0.25, -0.2) is 0 Å². The number of hydrogen-bond donors (Lipinski definition) is 3. The van der Waals surface area contributed by atoms with E-state index in [-0.39, 0.29) is 23.6 Å². The lowest BCUT2D eigenvalue weighted by atomic mass is 10.0. The fraction of sp³-hybridized carbons (Fsp3) is 0.571. The highest BCUT2D eigenvalue weighted by atomic mass is 16.2. The van der Waals surface area contributed by atoms with Crippen molar-refractivity contribution in [3.8, 4) is 0 Å². The zero-order chi connectivity index (χ0) is 20.7. The third-order valence-electron chi connectivity index (χ3n) is 5.20. The van der Waals surface area contributed by atoms with Gasteiger partial charge in [-0.3, -0.25) is 14.4 Å². The van der Waals surface area contributed by atoms with Gasteiger partial charge in [0.25, 0.3) is 0 Å². The molecule has 0 unspecified atom stereocenters. The molecule has 154 valence electrons. The molecule has 0 bridgehead atoms. The van der Waals surface area contributed by atoms with Crippen LogP contribution < -0.4 is 16.0 Å². The first kappa shape index (κ1) is 21.9. The van der Waals surface area contributed by atoms with Crippen molar-refractivity contribution in [2.24, 2.45) is 5.92 Å². The number of nitrogens with zero attached hydrogens (tertiary/aromatic N) is 1. The van der Waals surface area contributed by atoms with E-state index < -0.39 is 18.1 Å². The molecule has 3 N–H and O–H groups in total. The van der Waals surface area contributed by atoms with Crippen molar-refractivity contribution >= 4 is 17.7 Å². The Hall–Kier alpha value is -2.41. The molecule has 1 aromatic carbocycles. The number of carbonyl (C=O) groups excluding carboxylic acids is 3. The van der Waals surface area contributed by atoms with Crippen LogP contribution in [0, 0.1) is 5.92 Å². The summed E-state index contributed by atoms with van der Waals surface area (Å²) in [4.78, 5) is 39.7. The predicted octanol–water partition coefficient (Wildman–Crippen LogP) is 1.04. The summed E-state index contributed by atoms with van der Waals surface area (Å²) in [5.74, 6) is -0.635. The van der Waals surface area contributed by atoms with Crippen molar-refractivity contribution in [1.82, 2.24) is 20.9 Å². The molecular weight excluding hydrogens is 356 g/mol. The number of amides is 3. The molecule has 1 aliphatic heterocycles. The Morgan fingerprint density at radius 1 is 1.14 bits per heavy atom. The van der Waals surface area contributed by atoms with Gasteiger partial charge in [0.05, 0.1) is 6.04 Å². The molecule has 3 amide bonds. The molecule has 28 heavy (non-hydrogen) atoms. The summed E-state index contributed by atoms with van der Waals surface area (Å²) in [5.41, 5.74) is 1.01. The third-order valence-corrected chi connectivity index (χ3v) is 5.20. The molecule has 0 aromatic heterocycles. The van der Waals surface area contributed by atoms with Crippen LogP contribution in [0.4, 0.5) is 0 Å². The molecule has 1 fully saturated rings. The third kappa shape index (κ3) is 5.55. The van der Waals surface area contributed by atoms with Crippen molar-refractivity contribution < 1.29 is 14.4 Å². The molecule has 7 nitrogen and oxygen atoms in total. The highest BCUT2D eigenvalue weighted by molar-refractivity contribution is 5.93. The van der Waals surface area contributed by atoms with Gasteiger partial charge in [0.15, 0.2) is 0 Å². The number of nitrogens with one attached hydrogen (secondary N) is 3. The van der Waals surface area contributed by atoms with E-state index in [1.165, 1.54) is 0 Å². The Morgan fingerprint density at radius 3 is 2.43 bits per heavy atom. The summed E-state index contributed by atoms with van der Waals surface area (Å²) < 4.78 is 0. The summed E-state index contributed by atoms with van der Waals surface area (Å²) >= 11 is 0. The van der Waals surface area contributed by atoms with E-state index in [4.69, 9.17) is 0 Å². The van der Waals surface area contributed by atoms with Gasteiger partial charge in [-0.2, -0.15) is 0 Å².